The topological polar surface area (TPSA) is 48.6 Å². The number of carbonyl (C=O) groups is 1. The number of rotatable bonds is 6. The predicted molar refractivity (Wildman–Crippen MR) is 111 cm³/mol. The summed E-state index contributed by atoms with van der Waals surface area (Å²) >= 11 is 0. The van der Waals surface area contributed by atoms with Crippen molar-refractivity contribution in [3.05, 3.63) is 65.9 Å². The smallest absolute Gasteiger partial charge is 0.222 e. The van der Waals surface area contributed by atoms with Crippen molar-refractivity contribution in [1.29, 1.82) is 0 Å². The Kier molecular flexibility index (Phi) is 5.63. The van der Waals surface area contributed by atoms with E-state index < -0.39 is 0 Å². The van der Waals surface area contributed by atoms with Crippen LogP contribution in [0.3, 0.4) is 0 Å². The van der Waals surface area contributed by atoms with Crippen LogP contribution in [0.2, 0.25) is 0 Å². The Morgan fingerprint density at radius 1 is 1.07 bits per heavy atom. The molecule has 1 aromatic heterocycles. The van der Waals surface area contributed by atoms with Crippen molar-refractivity contribution in [2.24, 2.45) is 0 Å². The third-order valence-corrected chi connectivity index (χ3v) is 5.55. The van der Waals surface area contributed by atoms with Gasteiger partial charge in [-0.05, 0) is 35.7 Å². The first-order valence-electron chi connectivity index (χ1n) is 9.91. The highest BCUT2D eigenvalue weighted by Gasteiger charge is 2.21. The summed E-state index contributed by atoms with van der Waals surface area (Å²) in [6, 6.07) is 16.5. The Hall–Kier alpha value is -2.79. The van der Waals surface area contributed by atoms with Gasteiger partial charge in [-0.2, -0.15) is 0 Å². The second kappa shape index (κ2) is 8.48. The van der Waals surface area contributed by atoms with Crippen molar-refractivity contribution < 1.29 is 9.53 Å². The third kappa shape index (κ3) is 4.20. The summed E-state index contributed by atoms with van der Waals surface area (Å²) in [5.41, 5.74) is 3.61. The van der Waals surface area contributed by atoms with Crippen LogP contribution < -0.4 is 4.74 Å². The molecule has 1 fully saturated rings. The van der Waals surface area contributed by atoms with E-state index >= 15 is 0 Å². The number of ether oxygens (including phenoxy) is 1. The SMILES string of the molecule is COc1cccc(CN2CCN(C(=O)CCc3c[nH]c4ccccc34)CC2)c1. The summed E-state index contributed by atoms with van der Waals surface area (Å²) < 4.78 is 5.30. The molecule has 0 unspecified atom stereocenters. The summed E-state index contributed by atoms with van der Waals surface area (Å²) in [5.74, 6) is 1.15. The molecule has 1 aliphatic heterocycles. The molecule has 5 nitrogen and oxygen atoms in total. The molecule has 4 rings (SSSR count). The largest absolute Gasteiger partial charge is 0.497 e. The first-order chi connectivity index (χ1) is 13.7. The molecule has 2 heterocycles. The number of benzene rings is 2. The number of aromatic nitrogens is 1. The Balaban J connectivity index is 1.27. The average Bonchev–Trinajstić information content (AvgIpc) is 3.16. The third-order valence-electron chi connectivity index (χ3n) is 5.55. The number of amides is 1. The number of carbonyl (C=O) groups excluding carboxylic acids is 1. The molecule has 0 atom stereocenters. The molecule has 28 heavy (non-hydrogen) atoms. The van der Waals surface area contributed by atoms with Crippen LogP contribution in [0, 0.1) is 0 Å². The fourth-order valence-corrected chi connectivity index (χ4v) is 3.92. The number of hydrogen-bond acceptors (Lipinski definition) is 3. The minimum Gasteiger partial charge on any atom is -0.497 e. The van der Waals surface area contributed by atoms with Crippen LogP contribution in [0.25, 0.3) is 10.9 Å². The van der Waals surface area contributed by atoms with E-state index in [0.717, 1.165) is 50.4 Å². The van der Waals surface area contributed by atoms with E-state index in [1.807, 2.05) is 35.4 Å². The minimum atomic E-state index is 0.256. The van der Waals surface area contributed by atoms with Crippen LogP contribution in [0.4, 0.5) is 0 Å². The number of piperazine rings is 1. The minimum absolute atomic E-state index is 0.256. The van der Waals surface area contributed by atoms with E-state index in [1.54, 1.807) is 7.11 Å². The zero-order chi connectivity index (χ0) is 19.3. The Labute approximate surface area is 165 Å². The van der Waals surface area contributed by atoms with Gasteiger partial charge in [-0.1, -0.05) is 30.3 Å². The maximum absolute atomic E-state index is 12.7. The van der Waals surface area contributed by atoms with Crippen molar-refractivity contribution in [3.8, 4) is 5.75 Å². The van der Waals surface area contributed by atoms with Crippen molar-refractivity contribution in [2.75, 3.05) is 33.3 Å². The number of fused-ring (bicyclic) bond motifs is 1. The van der Waals surface area contributed by atoms with Crippen LogP contribution in [-0.2, 0) is 17.8 Å². The molecule has 1 aliphatic rings. The first-order valence-corrected chi connectivity index (χ1v) is 9.91. The van der Waals surface area contributed by atoms with Gasteiger partial charge in [-0.3, -0.25) is 9.69 Å². The molecule has 0 aliphatic carbocycles. The van der Waals surface area contributed by atoms with Crippen molar-refractivity contribution in [1.82, 2.24) is 14.8 Å². The fraction of sp³-hybridized carbons (Fsp3) is 0.348. The maximum atomic E-state index is 12.7. The molecule has 3 aromatic rings. The van der Waals surface area contributed by atoms with E-state index in [9.17, 15) is 4.79 Å². The van der Waals surface area contributed by atoms with Gasteiger partial charge in [-0.25, -0.2) is 0 Å². The molecule has 1 N–H and O–H groups in total. The molecular weight excluding hydrogens is 350 g/mol. The van der Waals surface area contributed by atoms with Gasteiger partial charge < -0.3 is 14.6 Å². The molecule has 5 heteroatoms. The zero-order valence-electron chi connectivity index (χ0n) is 16.4. The van der Waals surface area contributed by atoms with E-state index in [1.165, 1.54) is 16.5 Å². The molecule has 146 valence electrons. The van der Waals surface area contributed by atoms with Gasteiger partial charge in [0.1, 0.15) is 5.75 Å². The van der Waals surface area contributed by atoms with Crippen molar-refractivity contribution >= 4 is 16.8 Å². The summed E-state index contributed by atoms with van der Waals surface area (Å²) in [6.45, 7) is 4.33. The standard InChI is InChI=1S/C23H27N3O2/c1-28-20-6-4-5-18(15-20)17-25-11-13-26(14-12-25)23(27)10-9-19-16-24-22-8-3-2-7-21(19)22/h2-8,15-16,24H,9-14,17H2,1H3. The maximum Gasteiger partial charge on any atom is 0.222 e. The van der Waals surface area contributed by atoms with E-state index in [4.69, 9.17) is 4.74 Å². The van der Waals surface area contributed by atoms with Crippen LogP contribution >= 0.6 is 0 Å². The Morgan fingerprint density at radius 3 is 2.71 bits per heavy atom. The first kappa shape index (κ1) is 18.6. The number of aryl methyl sites for hydroxylation is 1. The van der Waals surface area contributed by atoms with Crippen molar-refractivity contribution in [3.63, 3.8) is 0 Å². The highest BCUT2D eigenvalue weighted by Crippen LogP contribution is 2.20. The summed E-state index contributed by atoms with van der Waals surface area (Å²) in [4.78, 5) is 20.4. The highest BCUT2D eigenvalue weighted by molar-refractivity contribution is 5.84. The van der Waals surface area contributed by atoms with Gasteiger partial charge in [0.05, 0.1) is 7.11 Å². The second-order valence-corrected chi connectivity index (χ2v) is 7.37. The molecule has 0 bridgehead atoms. The Bertz CT molecular complexity index is 942. The summed E-state index contributed by atoms with van der Waals surface area (Å²) in [6.07, 6.45) is 3.38. The van der Waals surface area contributed by atoms with E-state index in [2.05, 4.69) is 34.1 Å². The van der Waals surface area contributed by atoms with Crippen LogP contribution in [0.1, 0.15) is 17.5 Å². The number of hydrogen-bond donors (Lipinski definition) is 1. The number of nitrogens with one attached hydrogen (secondary N) is 1. The quantitative estimate of drug-likeness (QED) is 0.716. The van der Waals surface area contributed by atoms with Crippen molar-refractivity contribution in [2.45, 2.75) is 19.4 Å². The van der Waals surface area contributed by atoms with Gasteiger partial charge in [0.2, 0.25) is 5.91 Å². The normalized spacial score (nSPS) is 15.1. The molecule has 1 amide bonds. The fourth-order valence-electron chi connectivity index (χ4n) is 3.92. The molecule has 0 spiro atoms. The number of para-hydroxylation sites is 1. The molecular formula is C23H27N3O2. The lowest BCUT2D eigenvalue weighted by molar-refractivity contribution is -0.132. The summed E-state index contributed by atoms with van der Waals surface area (Å²) in [5, 5.41) is 1.22. The molecule has 2 aromatic carbocycles. The van der Waals surface area contributed by atoms with E-state index in [0.29, 0.717) is 6.42 Å². The molecule has 0 radical (unpaired) electrons. The highest BCUT2D eigenvalue weighted by atomic mass is 16.5. The van der Waals surface area contributed by atoms with Crippen LogP contribution in [-0.4, -0.2) is 54.0 Å². The molecule has 0 saturated carbocycles. The van der Waals surface area contributed by atoms with Gasteiger partial charge in [0, 0.05) is 56.2 Å². The Morgan fingerprint density at radius 2 is 1.89 bits per heavy atom. The molecule has 1 saturated heterocycles. The van der Waals surface area contributed by atoms with Gasteiger partial charge in [0.15, 0.2) is 0 Å². The predicted octanol–water partition coefficient (Wildman–Crippen LogP) is 3.45. The number of methoxy groups -OCH3 is 1. The lowest BCUT2D eigenvalue weighted by Gasteiger charge is -2.35. The van der Waals surface area contributed by atoms with Gasteiger partial charge in [-0.15, -0.1) is 0 Å². The zero-order valence-corrected chi connectivity index (χ0v) is 16.4. The average molecular weight is 377 g/mol. The number of H-pyrrole nitrogens is 1. The lowest BCUT2D eigenvalue weighted by Crippen LogP contribution is -2.48. The summed E-state index contributed by atoms with van der Waals surface area (Å²) in [7, 11) is 1.69. The number of aromatic amines is 1. The number of nitrogens with zero attached hydrogens (tertiary/aromatic N) is 2. The van der Waals surface area contributed by atoms with Gasteiger partial charge >= 0.3 is 0 Å². The van der Waals surface area contributed by atoms with Gasteiger partial charge in [0.25, 0.3) is 0 Å². The van der Waals surface area contributed by atoms with Crippen LogP contribution in [0.15, 0.2) is 54.7 Å². The lowest BCUT2D eigenvalue weighted by atomic mass is 10.1. The van der Waals surface area contributed by atoms with E-state index in [-0.39, 0.29) is 5.91 Å². The monoisotopic (exact) mass is 377 g/mol. The second-order valence-electron chi connectivity index (χ2n) is 7.37. The van der Waals surface area contributed by atoms with Crippen LogP contribution in [0.5, 0.6) is 5.75 Å².